The van der Waals surface area contributed by atoms with E-state index in [1.54, 1.807) is 10.9 Å². The Morgan fingerprint density at radius 2 is 2.35 bits per heavy atom. The van der Waals surface area contributed by atoms with Crippen molar-refractivity contribution in [1.29, 1.82) is 0 Å². The van der Waals surface area contributed by atoms with Crippen LogP contribution in [-0.2, 0) is 7.05 Å². The van der Waals surface area contributed by atoms with Crippen molar-refractivity contribution in [1.82, 2.24) is 15.1 Å². The van der Waals surface area contributed by atoms with Crippen molar-refractivity contribution in [3.63, 3.8) is 0 Å². The van der Waals surface area contributed by atoms with E-state index in [-0.39, 0.29) is 0 Å². The molecular weight excluding hydrogens is 232 g/mol. The molecule has 2 fully saturated rings. The smallest absolute Gasteiger partial charge is 0.171 e. The summed E-state index contributed by atoms with van der Waals surface area (Å²) in [5.74, 6) is 1.78. The van der Waals surface area contributed by atoms with Gasteiger partial charge in [-0.3, -0.25) is 4.68 Å². The van der Waals surface area contributed by atoms with Gasteiger partial charge in [0.05, 0.1) is 11.9 Å². The molecule has 0 spiro atoms. The zero-order valence-electron chi connectivity index (χ0n) is 10.0. The van der Waals surface area contributed by atoms with Crippen LogP contribution in [0.2, 0.25) is 0 Å². The van der Waals surface area contributed by atoms with E-state index >= 15 is 0 Å². The lowest BCUT2D eigenvalue weighted by atomic mass is 9.96. The van der Waals surface area contributed by atoms with Gasteiger partial charge in [0.25, 0.3) is 0 Å². The molecule has 3 rings (SSSR count). The van der Waals surface area contributed by atoms with Crippen molar-refractivity contribution in [2.75, 3.05) is 5.32 Å². The van der Waals surface area contributed by atoms with Gasteiger partial charge < -0.3 is 10.6 Å². The molecule has 0 aromatic carbocycles. The van der Waals surface area contributed by atoms with Gasteiger partial charge in [0, 0.05) is 19.3 Å². The van der Waals surface area contributed by atoms with Crippen LogP contribution in [0.3, 0.4) is 0 Å². The van der Waals surface area contributed by atoms with Crippen molar-refractivity contribution >= 4 is 23.0 Å². The Bertz CT molecular complexity index is 428. The van der Waals surface area contributed by atoms with Crippen LogP contribution in [0.25, 0.3) is 0 Å². The third kappa shape index (κ3) is 2.29. The normalized spacial score (nSPS) is 30.5. The fourth-order valence-electron chi connectivity index (χ4n) is 3.24. The second-order valence-corrected chi connectivity index (χ2v) is 5.69. The summed E-state index contributed by atoms with van der Waals surface area (Å²) in [4.78, 5) is 0. The van der Waals surface area contributed by atoms with Crippen LogP contribution in [0.15, 0.2) is 12.4 Å². The van der Waals surface area contributed by atoms with E-state index in [4.69, 9.17) is 12.2 Å². The van der Waals surface area contributed by atoms with Crippen LogP contribution >= 0.6 is 12.2 Å². The average molecular weight is 250 g/mol. The van der Waals surface area contributed by atoms with Crippen molar-refractivity contribution in [2.24, 2.45) is 18.9 Å². The zero-order valence-corrected chi connectivity index (χ0v) is 10.8. The van der Waals surface area contributed by atoms with E-state index < -0.39 is 0 Å². The Balaban J connectivity index is 1.54. The fraction of sp³-hybridized carbons (Fsp3) is 0.667. The third-order valence-electron chi connectivity index (χ3n) is 4.02. The minimum Gasteiger partial charge on any atom is -0.359 e. The number of nitrogens with zero attached hydrogens (tertiary/aromatic N) is 2. The quantitative estimate of drug-likeness (QED) is 0.787. The van der Waals surface area contributed by atoms with Crippen LogP contribution in [0.1, 0.15) is 25.7 Å². The van der Waals surface area contributed by atoms with Crippen molar-refractivity contribution in [3.8, 4) is 0 Å². The predicted octanol–water partition coefficient (Wildman–Crippen LogP) is 1.90. The Labute approximate surface area is 107 Å². The number of aromatic nitrogens is 2. The number of hydrogen-bond acceptors (Lipinski definition) is 2. The highest BCUT2D eigenvalue weighted by atomic mass is 32.1. The van der Waals surface area contributed by atoms with Crippen molar-refractivity contribution in [2.45, 2.75) is 31.7 Å². The van der Waals surface area contributed by atoms with Gasteiger partial charge in [-0.25, -0.2) is 0 Å². The van der Waals surface area contributed by atoms with E-state index in [1.165, 1.54) is 25.7 Å². The molecule has 1 aromatic rings. The summed E-state index contributed by atoms with van der Waals surface area (Å²) in [6, 6.07) is 0.588. The molecule has 0 saturated heterocycles. The number of rotatable bonds is 2. The standard InChI is InChI=1S/C12H18N4S/c1-16-7-10(6-13-16)14-12(17)15-11-5-8-2-3-9(11)4-8/h6-9,11H,2-5H2,1H3,(H2,14,15,17). The molecule has 2 aliphatic carbocycles. The van der Waals surface area contributed by atoms with Gasteiger partial charge in [0.1, 0.15) is 0 Å². The van der Waals surface area contributed by atoms with E-state index in [0.717, 1.165) is 22.6 Å². The van der Waals surface area contributed by atoms with E-state index in [0.29, 0.717) is 6.04 Å². The average Bonchev–Trinajstić information content (AvgIpc) is 2.95. The van der Waals surface area contributed by atoms with Crippen LogP contribution < -0.4 is 10.6 Å². The van der Waals surface area contributed by atoms with E-state index in [2.05, 4.69) is 15.7 Å². The molecule has 0 amide bonds. The van der Waals surface area contributed by atoms with Crippen molar-refractivity contribution in [3.05, 3.63) is 12.4 Å². The van der Waals surface area contributed by atoms with Gasteiger partial charge in [-0.15, -0.1) is 0 Å². The zero-order chi connectivity index (χ0) is 11.8. The van der Waals surface area contributed by atoms with E-state index in [1.807, 2.05) is 13.2 Å². The van der Waals surface area contributed by atoms with Gasteiger partial charge in [-0.1, -0.05) is 6.42 Å². The van der Waals surface area contributed by atoms with Crippen LogP contribution in [0.5, 0.6) is 0 Å². The van der Waals surface area contributed by atoms with Gasteiger partial charge >= 0.3 is 0 Å². The predicted molar refractivity (Wildman–Crippen MR) is 71.8 cm³/mol. The first-order valence-corrected chi connectivity index (χ1v) is 6.67. The maximum absolute atomic E-state index is 5.34. The fourth-order valence-corrected chi connectivity index (χ4v) is 3.51. The molecule has 0 radical (unpaired) electrons. The maximum Gasteiger partial charge on any atom is 0.171 e. The highest BCUT2D eigenvalue weighted by Crippen LogP contribution is 2.44. The lowest BCUT2D eigenvalue weighted by molar-refractivity contribution is 0.392. The second-order valence-electron chi connectivity index (χ2n) is 5.28. The first-order chi connectivity index (χ1) is 8.20. The molecule has 3 unspecified atom stereocenters. The lowest BCUT2D eigenvalue weighted by Gasteiger charge is -2.24. The SMILES string of the molecule is Cn1cc(NC(=S)NC2CC3CCC2C3)cn1. The monoisotopic (exact) mass is 250 g/mol. The minimum atomic E-state index is 0.588. The summed E-state index contributed by atoms with van der Waals surface area (Å²) < 4.78 is 1.77. The molecule has 2 N–H and O–H groups in total. The summed E-state index contributed by atoms with van der Waals surface area (Å²) in [5, 5.41) is 11.5. The number of thiocarbonyl (C=S) groups is 1. The van der Waals surface area contributed by atoms with Crippen LogP contribution in [0.4, 0.5) is 5.69 Å². The highest BCUT2D eigenvalue weighted by molar-refractivity contribution is 7.80. The molecule has 0 aliphatic heterocycles. The molecule has 2 saturated carbocycles. The summed E-state index contributed by atoms with van der Waals surface area (Å²) in [5.41, 5.74) is 0.952. The first kappa shape index (κ1) is 11.0. The molecule has 1 heterocycles. The summed E-state index contributed by atoms with van der Waals surface area (Å²) in [6.45, 7) is 0. The van der Waals surface area contributed by atoms with Crippen LogP contribution in [0, 0.1) is 11.8 Å². The van der Waals surface area contributed by atoms with Crippen LogP contribution in [-0.4, -0.2) is 20.9 Å². The Hall–Kier alpha value is -1.10. The second kappa shape index (κ2) is 4.29. The minimum absolute atomic E-state index is 0.588. The third-order valence-corrected chi connectivity index (χ3v) is 4.24. The van der Waals surface area contributed by atoms with Crippen molar-refractivity contribution < 1.29 is 0 Å². The molecule has 4 nitrogen and oxygen atoms in total. The summed E-state index contributed by atoms with van der Waals surface area (Å²) in [7, 11) is 1.90. The van der Waals surface area contributed by atoms with Gasteiger partial charge in [-0.2, -0.15) is 5.10 Å². The topological polar surface area (TPSA) is 41.9 Å². The summed E-state index contributed by atoms with van der Waals surface area (Å²) in [6.07, 6.45) is 9.19. The number of anilines is 1. The van der Waals surface area contributed by atoms with Gasteiger partial charge in [0.15, 0.2) is 5.11 Å². The van der Waals surface area contributed by atoms with Gasteiger partial charge in [0.2, 0.25) is 0 Å². The molecule has 17 heavy (non-hydrogen) atoms. The number of hydrogen-bond donors (Lipinski definition) is 2. The van der Waals surface area contributed by atoms with E-state index in [9.17, 15) is 0 Å². The molecule has 2 bridgehead atoms. The Kier molecular flexibility index (Phi) is 2.78. The van der Waals surface area contributed by atoms with Gasteiger partial charge in [-0.05, 0) is 43.3 Å². The Morgan fingerprint density at radius 3 is 2.94 bits per heavy atom. The molecule has 92 valence electrons. The maximum atomic E-state index is 5.34. The lowest BCUT2D eigenvalue weighted by Crippen LogP contribution is -2.40. The largest absolute Gasteiger partial charge is 0.359 e. The number of aryl methyl sites for hydroxylation is 1. The molecule has 2 aliphatic rings. The molecule has 5 heteroatoms. The summed E-state index contributed by atoms with van der Waals surface area (Å²) >= 11 is 5.34. The molecular formula is C12H18N4S. The number of nitrogens with one attached hydrogen (secondary N) is 2. The highest BCUT2D eigenvalue weighted by Gasteiger charge is 2.39. The first-order valence-electron chi connectivity index (χ1n) is 6.27. The molecule has 1 aromatic heterocycles. The molecule has 3 atom stereocenters. The number of fused-ring (bicyclic) bond motifs is 2. The Morgan fingerprint density at radius 1 is 1.47 bits per heavy atom.